The SMILES string of the molecule is CC1([C@H](C#N)NC(c2ccccc2)c2ccccc2)CCCCC1. The molecule has 2 nitrogen and oxygen atoms in total. The van der Waals surface area contributed by atoms with Crippen molar-refractivity contribution in [1.82, 2.24) is 5.32 Å². The Morgan fingerprint density at radius 1 is 0.875 bits per heavy atom. The van der Waals surface area contributed by atoms with Crippen molar-refractivity contribution in [2.45, 2.75) is 51.1 Å². The Balaban J connectivity index is 1.90. The van der Waals surface area contributed by atoms with Crippen LogP contribution in [0.3, 0.4) is 0 Å². The van der Waals surface area contributed by atoms with E-state index in [0.29, 0.717) is 0 Å². The van der Waals surface area contributed by atoms with E-state index >= 15 is 0 Å². The Morgan fingerprint density at radius 3 is 1.83 bits per heavy atom. The van der Waals surface area contributed by atoms with E-state index in [1.54, 1.807) is 0 Å². The van der Waals surface area contributed by atoms with Crippen molar-refractivity contribution >= 4 is 0 Å². The Bertz CT molecular complexity index is 627. The lowest BCUT2D eigenvalue weighted by Gasteiger charge is -2.39. The topological polar surface area (TPSA) is 35.8 Å². The van der Waals surface area contributed by atoms with Crippen LogP contribution in [0.1, 0.15) is 56.2 Å². The minimum atomic E-state index is -0.136. The molecule has 2 aromatic carbocycles. The van der Waals surface area contributed by atoms with E-state index in [0.717, 1.165) is 12.8 Å². The third kappa shape index (κ3) is 3.68. The van der Waals surface area contributed by atoms with E-state index < -0.39 is 0 Å². The first-order valence-electron chi connectivity index (χ1n) is 8.98. The third-order valence-corrected chi connectivity index (χ3v) is 5.42. The number of nitrogens with zero attached hydrogens (tertiary/aromatic N) is 1. The molecule has 1 aliphatic rings. The lowest BCUT2D eigenvalue weighted by Crippen LogP contribution is -2.45. The Labute approximate surface area is 145 Å². The number of hydrogen-bond acceptors (Lipinski definition) is 2. The van der Waals surface area contributed by atoms with Gasteiger partial charge >= 0.3 is 0 Å². The highest BCUT2D eigenvalue weighted by Gasteiger charge is 2.37. The van der Waals surface area contributed by atoms with E-state index in [9.17, 15) is 5.26 Å². The van der Waals surface area contributed by atoms with Gasteiger partial charge in [0.05, 0.1) is 12.1 Å². The van der Waals surface area contributed by atoms with Gasteiger partial charge in [0.1, 0.15) is 6.04 Å². The van der Waals surface area contributed by atoms with Gasteiger partial charge in [-0.1, -0.05) is 86.8 Å². The molecule has 124 valence electrons. The lowest BCUT2D eigenvalue weighted by molar-refractivity contribution is 0.168. The summed E-state index contributed by atoms with van der Waals surface area (Å²) < 4.78 is 0. The van der Waals surface area contributed by atoms with Crippen molar-refractivity contribution in [3.05, 3.63) is 71.8 Å². The molecule has 0 unspecified atom stereocenters. The Morgan fingerprint density at radius 2 is 1.38 bits per heavy atom. The summed E-state index contributed by atoms with van der Waals surface area (Å²) >= 11 is 0. The Hall–Kier alpha value is -2.11. The molecule has 24 heavy (non-hydrogen) atoms. The zero-order valence-corrected chi connectivity index (χ0v) is 14.4. The van der Waals surface area contributed by atoms with E-state index in [1.165, 1.54) is 30.4 Å². The van der Waals surface area contributed by atoms with Gasteiger partial charge in [0.2, 0.25) is 0 Å². The third-order valence-electron chi connectivity index (χ3n) is 5.42. The molecule has 1 fully saturated rings. The maximum absolute atomic E-state index is 9.87. The molecule has 0 spiro atoms. The smallest absolute Gasteiger partial charge is 0.101 e. The quantitative estimate of drug-likeness (QED) is 0.819. The maximum atomic E-state index is 9.87. The molecular formula is C22H26N2. The van der Waals surface area contributed by atoms with Gasteiger partial charge in [-0.05, 0) is 29.4 Å². The van der Waals surface area contributed by atoms with Gasteiger partial charge in [-0.2, -0.15) is 5.26 Å². The second-order valence-corrected chi connectivity index (χ2v) is 7.20. The van der Waals surface area contributed by atoms with E-state index in [-0.39, 0.29) is 17.5 Å². The highest BCUT2D eigenvalue weighted by molar-refractivity contribution is 5.32. The fraction of sp³-hybridized carbons (Fsp3) is 0.409. The van der Waals surface area contributed by atoms with Crippen LogP contribution in [0.25, 0.3) is 0 Å². The monoisotopic (exact) mass is 318 g/mol. The second kappa shape index (κ2) is 7.64. The first-order valence-corrected chi connectivity index (χ1v) is 8.98. The van der Waals surface area contributed by atoms with Crippen LogP contribution >= 0.6 is 0 Å². The minimum absolute atomic E-state index is 0.0517. The van der Waals surface area contributed by atoms with Gasteiger partial charge in [-0.25, -0.2) is 0 Å². The van der Waals surface area contributed by atoms with Crippen LogP contribution in [0.2, 0.25) is 0 Å². The van der Waals surface area contributed by atoms with Crippen molar-refractivity contribution in [2.75, 3.05) is 0 Å². The fourth-order valence-corrected chi connectivity index (χ4v) is 3.88. The highest BCUT2D eigenvalue weighted by atomic mass is 15.0. The number of nitrogens with one attached hydrogen (secondary N) is 1. The zero-order chi connectivity index (χ0) is 16.8. The largest absolute Gasteiger partial charge is 0.291 e. The standard InChI is InChI=1S/C22H26N2/c1-22(15-9-4-10-16-22)20(17-23)24-21(18-11-5-2-6-12-18)19-13-7-3-8-14-19/h2-3,5-8,11-14,20-21,24H,4,9-10,15-16H2,1H3/t20-/m0/s1. The average molecular weight is 318 g/mol. The maximum Gasteiger partial charge on any atom is 0.101 e. The minimum Gasteiger partial charge on any atom is -0.291 e. The molecule has 0 aliphatic heterocycles. The number of rotatable bonds is 5. The Kier molecular flexibility index (Phi) is 5.33. The molecule has 1 atom stereocenters. The number of hydrogen-bond donors (Lipinski definition) is 1. The summed E-state index contributed by atoms with van der Waals surface area (Å²) in [6.07, 6.45) is 6.03. The molecule has 2 heteroatoms. The summed E-state index contributed by atoms with van der Waals surface area (Å²) in [5, 5.41) is 13.6. The van der Waals surface area contributed by atoms with Crippen LogP contribution in [0.4, 0.5) is 0 Å². The second-order valence-electron chi connectivity index (χ2n) is 7.20. The molecule has 0 saturated heterocycles. The summed E-state index contributed by atoms with van der Waals surface area (Å²) in [5.74, 6) is 0. The first-order chi connectivity index (χ1) is 11.7. The van der Waals surface area contributed by atoms with Gasteiger partial charge in [0, 0.05) is 0 Å². The van der Waals surface area contributed by atoms with Gasteiger partial charge in [0.25, 0.3) is 0 Å². The van der Waals surface area contributed by atoms with Crippen molar-refractivity contribution in [2.24, 2.45) is 5.41 Å². The van der Waals surface area contributed by atoms with Crippen molar-refractivity contribution in [3.8, 4) is 6.07 Å². The van der Waals surface area contributed by atoms with Crippen LogP contribution in [-0.2, 0) is 0 Å². The first kappa shape index (κ1) is 16.7. The lowest BCUT2D eigenvalue weighted by atomic mass is 9.70. The molecule has 1 N–H and O–H groups in total. The molecule has 0 bridgehead atoms. The van der Waals surface area contributed by atoms with Crippen LogP contribution in [0, 0.1) is 16.7 Å². The molecule has 0 amide bonds. The summed E-state index contributed by atoms with van der Waals surface area (Å²) in [6.45, 7) is 2.28. The molecule has 1 aliphatic carbocycles. The van der Waals surface area contributed by atoms with E-state index in [4.69, 9.17) is 0 Å². The van der Waals surface area contributed by atoms with E-state index in [1.807, 2.05) is 12.1 Å². The number of benzene rings is 2. The summed E-state index contributed by atoms with van der Waals surface area (Å²) in [6, 6.07) is 23.4. The predicted octanol–water partition coefficient (Wildman–Crippen LogP) is 5.23. The molecule has 2 aromatic rings. The fourth-order valence-electron chi connectivity index (χ4n) is 3.88. The van der Waals surface area contributed by atoms with Crippen LogP contribution in [0.5, 0.6) is 0 Å². The number of nitriles is 1. The normalized spacial score (nSPS) is 18.0. The van der Waals surface area contributed by atoms with Gasteiger partial charge in [-0.15, -0.1) is 0 Å². The average Bonchev–Trinajstić information content (AvgIpc) is 2.64. The summed E-state index contributed by atoms with van der Waals surface area (Å²) in [5.41, 5.74) is 2.49. The van der Waals surface area contributed by atoms with E-state index in [2.05, 4.69) is 66.8 Å². The molecule has 3 rings (SSSR count). The van der Waals surface area contributed by atoms with Crippen molar-refractivity contribution in [1.29, 1.82) is 5.26 Å². The van der Waals surface area contributed by atoms with Gasteiger partial charge in [0.15, 0.2) is 0 Å². The molecular weight excluding hydrogens is 292 g/mol. The van der Waals surface area contributed by atoms with Crippen molar-refractivity contribution < 1.29 is 0 Å². The highest BCUT2D eigenvalue weighted by Crippen LogP contribution is 2.40. The molecule has 0 aromatic heterocycles. The van der Waals surface area contributed by atoms with Gasteiger partial charge < -0.3 is 0 Å². The summed E-state index contributed by atoms with van der Waals surface area (Å²) in [4.78, 5) is 0. The zero-order valence-electron chi connectivity index (χ0n) is 14.4. The van der Waals surface area contributed by atoms with Crippen molar-refractivity contribution in [3.63, 3.8) is 0 Å². The van der Waals surface area contributed by atoms with Crippen LogP contribution < -0.4 is 5.32 Å². The van der Waals surface area contributed by atoms with Gasteiger partial charge in [-0.3, -0.25) is 5.32 Å². The molecule has 1 saturated carbocycles. The predicted molar refractivity (Wildman–Crippen MR) is 98.5 cm³/mol. The van der Waals surface area contributed by atoms with Crippen LogP contribution in [-0.4, -0.2) is 6.04 Å². The molecule has 0 heterocycles. The summed E-state index contributed by atoms with van der Waals surface area (Å²) in [7, 11) is 0. The van der Waals surface area contributed by atoms with Crippen LogP contribution in [0.15, 0.2) is 60.7 Å². The molecule has 0 radical (unpaired) electrons.